The lowest BCUT2D eigenvalue weighted by atomic mass is 9.98. The molecule has 0 unspecified atom stereocenters. The number of carbonyl (C=O) groups is 1. The van der Waals surface area contributed by atoms with E-state index in [1.807, 2.05) is 13.8 Å². The Labute approximate surface area is 140 Å². The maximum atomic E-state index is 12.4. The van der Waals surface area contributed by atoms with E-state index in [1.54, 1.807) is 0 Å². The Balaban J connectivity index is 2.17. The molecule has 3 N–H and O–H groups in total. The molecule has 1 aliphatic rings. The summed E-state index contributed by atoms with van der Waals surface area (Å²) in [6.45, 7) is 5.15. The van der Waals surface area contributed by atoms with Gasteiger partial charge in [0, 0.05) is 12.8 Å². The largest absolute Gasteiger partial charge is 0.457 e. The summed E-state index contributed by atoms with van der Waals surface area (Å²) in [6, 6.07) is 0. The molecule has 0 spiro atoms. The number of nitrogens with two attached hydrogens (primary N) is 1. The van der Waals surface area contributed by atoms with Crippen molar-refractivity contribution in [3.05, 3.63) is 20.0 Å². The number of thiazole rings is 1. The van der Waals surface area contributed by atoms with Crippen molar-refractivity contribution in [2.24, 2.45) is 5.92 Å². The van der Waals surface area contributed by atoms with Gasteiger partial charge < -0.3 is 15.2 Å². The first-order valence-corrected chi connectivity index (χ1v) is 8.38. The summed E-state index contributed by atoms with van der Waals surface area (Å²) >= 11 is 0.757. The number of carbonyl (C=O) groups excluding carboxylic acids is 1. The average molecular weight is 354 g/mol. The molecule has 1 saturated heterocycles. The van der Waals surface area contributed by atoms with Gasteiger partial charge in [0.05, 0.1) is 6.10 Å². The number of aromatic amines is 1. The van der Waals surface area contributed by atoms with E-state index in [1.165, 1.54) is 11.5 Å². The molecule has 2 aromatic rings. The third-order valence-electron chi connectivity index (χ3n) is 4.15. The highest BCUT2D eigenvalue weighted by Gasteiger charge is 2.45. The number of nitrogen functional groups attached to an aromatic ring is 1. The number of nitrogens with zero attached hydrogens (tertiary/aromatic N) is 2. The predicted octanol–water partition coefficient (Wildman–Crippen LogP) is 0.604. The first kappa shape index (κ1) is 16.7. The van der Waals surface area contributed by atoms with Crippen molar-refractivity contribution in [2.75, 3.05) is 5.73 Å². The first-order valence-electron chi connectivity index (χ1n) is 7.57. The van der Waals surface area contributed by atoms with Gasteiger partial charge in [-0.25, -0.2) is 0 Å². The minimum absolute atomic E-state index is 0.0961. The first-order chi connectivity index (χ1) is 11.3. The Morgan fingerprint density at radius 2 is 2.21 bits per heavy atom. The molecule has 24 heavy (non-hydrogen) atoms. The van der Waals surface area contributed by atoms with Crippen molar-refractivity contribution in [1.82, 2.24) is 14.5 Å². The Kier molecular flexibility index (Phi) is 4.18. The molecule has 3 heterocycles. The highest BCUT2D eigenvalue weighted by molar-refractivity contribution is 7.16. The molecule has 3 rings (SSSR count). The topological polar surface area (TPSA) is 129 Å². The molecule has 9 nitrogen and oxygen atoms in total. The SMILES string of the molecule is CC[C@H]1O[C@@H](n2c(=O)sc3c(=O)[nH]c(N)nc32)[C@H](OC(C)=O)[C@@H]1C. The van der Waals surface area contributed by atoms with Gasteiger partial charge >= 0.3 is 10.8 Å². The van der Waals surface area contributed by atoms with Crippen LogP contribution in [0.25, 0.3) is 10.3 Å². The van der Waals surface area contributed by atoms with Gasteiger partial charge in [-0.2, -0.15) is 4.98 Å². The molecular formula is C14H18N4O5S. The number of aromatic nitrogens is 3. The number of nitrogens with one attached hydrogen (secondary N) is 1. The monoisotopic (exact) mass is 354 g/mol. The molecule has 1 fully saturated rings. The molecular weight excluding hydrogens is 336 g/mol. The van der Waals surface area contributed by atoms with Crippen LogP contribution in [-0.2, 0) is 14.3 Å². The van der Waals surface area contributed by atoms with E-state index in [0.29, 0.717) is 6.42 Å². The number of anilines is 1. The van der Waals surface area contributed by atoms with Crippen LogP contribution in [0.2, 0.25) is 0 Å². The maximum absolute atomic E-state index is 12.4. The molecule has 0 aromatic carbocycles. The number of fused-ring (bicyclic) bond motifs is 1. The fraction of sp³-hybridized carbons (Fsp3) is 0.571. The average Bonchev–Trinajstić information content (AvgIpc) is 2.97. The highest BCUT2D eigenvalue weighted by atomic mass is 32.1. The van der Waals surface area contributed by atoms with Gasteiger partial charge in [-0.15, -0.1) is 0 Å². The van der Waals surface area contributed by atoms with E-state index in [0.717, 1.165) is 11.3 Å². The Hall–Kier alpha value is -2.20. The van der Waals surface area contributed by atoms with E-state index in [9.17, 15) is 14.4 Å². The van der Waals surface area contributed by atoms with Gasteiger partial charge in [-0.3, -0.25) is 23.9 Å². The van der Waals surface area contributed by atoms with Crippen LogP contribution in [0.3, 0.4) is 0 Å². The van der Waals surface area contributed by atoms with Crippen LogP contribution in [-0.4, -0.2) is 32.7 Å². The molecule has 0 saturated carbocycles. The molecule has 0 radical (unpaired) electrons. The van der Waals surface area contributed by atoms with Crippen molar-refractivity contribution in [2.45, 2.75) is 45.6 Å². The van der Waals surface area contributed by atoms with E-state index in [-0.39, 0.29) is 28.3 Å². The summed E-state index contributed by atoms with van der Waals surface area (Å²) in [5, 5.41) is 0. The highest BCUT2D eigenvalue weighted by Crippen LogP contribution is 2.38. The lowest BCUT2D eigenvalue weighted by molar-refractivity contribution is -0.153. The van der Waals surface area contributed by atoms with Crippen molar-refractivity contribution in [1.29, 1.82) is 0 Å². The quantitative estimate of drug-likeness (QED) is 0.772. The lowest BCUT2D eigenvalue weighted by Gasteiger charge is -2.21. The Morgan fingerprint density at radius 3 is 2.83 bits per heavy atom. The van der Waals surface area contributed by atoms with Crippen molar-refractivity contribution < 1.29 is 14.3 Å². The maximum Gasteiger partial charge on any atom is 0.311 e. The number of esters is 1. The normalized spacial score (nSPS) is 26.8. The fourth-order valence-electron chi connectivity index (χ4n) is 3.05. The van der Waals surface area contributed by atoms with Gasteiger partial charge in [-0.05, 0) is 6.42 Å². The van der Waals surface area contributed by atoms with Gasteiger partial charge in [0.25, 0.3) is 5.56 Å². The summed E-state index contributed by atoms with van der Waals surface area (Å²) in [7, 11) is 0. The zero-order valence-electron chi connectivity index (χ0n) is 13.4. The standard InChI is InChI=1S/C14H18N4O5S/c1-4-7-5(2)8(22-6(3)19)12(23-7)18-10-9(24-14(18)21)11(20)17-13(15)16-10/h5,7-8,12H,4H2,1-3H3,(H3,15,16,17,20)/t5-,7-,8-,12-/m1/s1. The van der Waals surface area contributed by atoms with E-state index in [4.69, 9.17) is 15.2 Å². The molecule has 0 aliphatic carbocycles. The molecule has 2 aromatic heterocycles. The fourth-order valence-corrected chi connectivity index (χ4v) is 3.90. The minimum Gasteiger partial charge on any atom is -0.457 e. The zero-order chi connectivity index (χ0) is 17.6. The molecule has 130 valence electrons. The van der Waals surface area contributed by atoms with E-state index < -0.39 is 28.7 Å². The van der Waals surface area contributed by atoms with Gasteiger partial charge in [0.2, 0.25) is 5.95 Å². The molecule has 0 bridgehead atoms. The van der Waals surface area contributed by atoms with E-state index >= 15 is 0 Å². The number of H-pyrrole nitrogens is 1. The molecule has 10 heteroatoms. The van der Waals surface area contributed by atoms with Crippen molar-refractivity contribution in [3.63, 3.8) is 0 Å². The van der Waals surface area contributed by atoms with Crippen LogP contribution in [0.1, 0.15) is 33.4 Å². The number of hydrogen-bond donors (Lipinski definition) is 2. The second kappa shape index (κ2) is 6.02. The summed E-state index contributed by atoms with van der Waals surface area (Å²) in [5.74, 6) is -0.665. The molecule has 0 amide bonds. The predicted molar refractivity (Wildman–Crippen MR) is 87.8 cm³/mol. The van der Waals surface area contributed by atoms with Gasteiger partial charge in [0.1, 0.15) is 4.70 Å². The third kappa shape index (κ3) is 2.61. The van der Waals surface area contributed by atoms with Crippen LogP contribution in [0.15, 0.2) is 9.59 Å². The third-order valence-corrected chi connectivity index (χ3v) is 5.09. The van der Waals surface area contributed by atoms with Crippen LogP contribution in [0, 0.1) is 5.92 Å². The van der Waals surface area contributed by atoms with Gasteiger partial charge in [-0.1, -0.05) is 25.2 Å². The number of rotatable bonds is 3. The Morgan fingerprint density at radius 1 is 1.50 bits per heavy atom. The summed E-state index contributed by atoms with van der Waals surface area (Å²) in [4.78, 5) is 41.9. The van der Waals surface area contributed by atoms with Crippen molar-refractivity contribution in [3.8, 4) is 0 Å². The summed E-state index contributed by atoms with van der Waals surface area (Å²) < 4.78 is 12.8. The zero-order valence-corrected chi connectivity index (χ0v) is 14.3. The number of hydrogen-bond acceptors (Lipinski definition) is 8. The van der Waals surface area contributed by atoms with Crippen LogP contribution >= 0.6 is 11.3 Å². The second-order valence-corrected chi connectivity index (χ2v) is 6.71. The van der Waals surface area contributed by atoms with Gasteiger partial charge in [0.15, 0.2) is 18.0 Å². The number of ether oxygens (including phenoxy) is 2. The smallest absolute Gasteiger partial charge is 0.311 e. The minimum atomic E-state index is -0.844. The summed E-state index contributed by atoms with van der Waals surface area (Å²) in [5.41, 5.74) is 5.24. The van der Waals surface area contributed by atoms with E-state index in [2.05, 4.69) is 9.97 Å². The Bertz CT molecular complexity index is 901. The second-order valence-electron chi connectivity index (χ2n) is 5.75. The molecule has 4 atom stereocenters. The molecule has 1 aliphatic heterocycles. The van der Waals surface area contributed by atoms with Crippen molar-refractivity contribution >= 4 is 33.6 Å². The van der Waals surface area contributed by atoms with Crippen LogP contribution in [0.5, 0.6) is 0 Å². The summed E-state index contributed by atoms with van der Waals surface area (Å²) in [6.07, 6.45) is -0.975. The van der Waals surface area contributed by atoms with Crippen LogP contribution in [0.4, 0.5) is 5.95 Å². The lowest BCUT2D eigenvalue weighted by Crippen LogP contribution is -2.33. The van der Waals surface area contributed by atoms with Crippen LogP contribution < -0.4 is 16.2 Å².